The van der Waals surface area contributed by atoms with Crippen molar-refractivity contribution in [3.8, 4) is 0 Å². The molecule has 0 atom stereocenters. The summed E-state index contributed by atoms with van der Waals surface area (Å²) >= 11 is 8.09. The summed E-state index contributed by atoms with van der Waals surface area (Å²) in [6.07, 6.45) is 3.06. The van der Waals surface area contributed by atoms with Crippen molar-refractivity contribution in [2.75, 3.05) is 32.7 Å². The number of hydrogen-bond donors (Lipinski definition) is 1. The SMILES string of the molecule is O=C(O)CCCCCN1CCN(C2=Nc3ccccc3Sc3ccc(Cl)cc32)CC1. The second kappa shape index (κ2) is 9.86. The van der Waals surface area contributed by atoms with E-state index in [9.17, 15) is 4.79 Å². The minimum absolute atomic E-state index is 0.273. The van der Waals surface area contributed by atoms with E-state index in [1.54, 1.807) is 11.8 Å². The van der Waals surface area contributed by atoms with Crippen LogP contribution in [0, 0.1) is 0 Å². The fourth-order valence-corrected chi connectivity index (χ4v) is 5.08. The van der Waals surface area contributed by atoms with Gasteiger partial charge in [0.1, 0.15) is 5.84 Å². The van der Waals surface area contributed by atoms with Gasteiger partial charge in [-0.1, -0.05) is 41.9 Å². The Hall–Kier alpha value is -2.02. The van der Waals surface area contributed by atoms with Crippen LogP contribution in [-0.4, -0.2) is 59.4 Å². The molecule has 2 aromatic rings. The number of fused-ring (bicyclic) bond motifs is 2. The molecule has 7 heteroatoms. The van der Waals surface area contributed by atoms with E-state index in [4.69, 9.17) is 21.7 Å². The van der Waals surface area contributed by atoms with E-state index in [1.807, 2.05) is 18.2 Å². The Labute approximate surface area is 186 Å². The van der Waals surface area contributed by atoms with Crippen molar-refractivity contribution in [1.29, 1.82) is 0 Å². The molecule has 0 aromatic heterocycles. The van der Waals surface area contributed by atoms with Gasteiger partial charge in [-0.3, -0.25) is 9.69 Å². The maximum absolute atomic E-state index is 10.6. The third kappa shape index (κ3) is 5.17. The quantitative estimate of drug-likeness (QED) is 0.626. The molecule has 0 amide bonds. The highest BCUT2D eigenvalue weighted by molar-refractivity contribution is 7.99. The predicted octanol–water partition coefficient (Wildman–Crippen LogP) is 5.15. The monoisotopic (exact) mass is 443 g/mol. The number of benzene rings is 2. The van der Waals surface area contributed by atoms with Crippen LogP contribution in [0.1, 0.15) is 31.2 Å². The molecule has 2 aliphatic rings. The molecule has 2 aliphatic heterocycles. The van der Waals surface area contributed by atoms with Crippen molar-refractivity contribution < 1.29 is 9.90 Å². The van der Waals surface area contributed by atoms with Gasteiger partial charge in [-0.15, -0.1) is 0 Å². The summed E-state index contributed by atoms with van der Waals surface area (Å²) in [6, 6.07) is 14.3. The lowest BCUT2D eigenvalue weighted by Crippen LogP contribution is -2.49. The van der Waals surface area contributed by atoms with Gasteiger partial charge in [-0.25, -0.2) is 4.99 Å². The first-order valence-corrected chi connectivity index (χ1v) is 11.6. The summed E-state index contributed by atoms with van der Waals surface area (Å²) in [7, 11) is 0. The van der Waals surface area contributed by atoms with Crippen LogP contribution in [-0.2, 0) is 4.79 Å². The lowest BCUT2D eigenvalue weighted by molar-refractivity contribution is -0.137. The molecule has 0 bridgehead atoms. The molecular formula is C23H26ClN3O2S. The maximum atomic E-state index is 10.6. The average Bonchev–Trinajstić information content (AvgIpc) is 2.90. The van der Waals surface area contributed by atoms with Crippen molar-refractivity contribution in [1.82, 2.24) is 9.80 Å². The number of carbonyl (C=O) groups is 1. The molecular weight excluding hydrogens is 418 g/mol. The molecule has 30 heavy (non-hydrogen) atoms. The summed E-state index contributed by atoms with van der Waals surface area (Å²) in [5, 5.41) is 9.48. The second-order valence-corrected chi connectivity index (χ2v) is 9.20. The smallest absolute Gasteiger partial charge is 0.303 e. The number of aliphatic carboxylic acids is 1. The van der Waals surface area contributed by atoms with Gasteiger partial charge < -0.3 is 10.0 Å². The van der Waals surface area contributed by atoms with E-state index in [0.717, 1.165) is 79.0 Å². The predicted molar refractivity (Wildman–Crippen MR) is 122 cm³/mol. The summed E-state index contributed by atoms with van der Waals surface area (Å²) in [6.45, 7) is 4.85. The number of halogens is 1. The molecule has 1 saturated heterocycles. The van der Waals surface area contributed by atoms with Crippen LogP contribution in [0.3, 0.4) is 0 Å². The summed E-state index contributed by atoms with van der Waals surface area (Å²) in [5.41, 5.74) is 2.11. The Kier molecular flexibility index (Phi) is 6.97. The number of para-hydroxylation sites is 1. The van der Waals surface area contributed by atoms with Gasteiger partial charge in [0.05, 0.1) is 5.69 Å². The average molecular weight is 444 g/mol. The van der Waals surface area contributed by atoms with Crippen LogP contribution in [0.25, 0.3) is 0 Å². The molecule has 0 unspecified atom stereocenters. The zero-order valence-electron chi connectivity index (χ0n) is 16.9. The highest BCUT2D eigenvalue weighted by Crippen LogP contribution is 2.41. The van der Waals surface area contributed by atoms with Gasteiger partial charge in [-0.2, -0.15) is 0 Å². The molecule has 0 spiro atoms. The largest absolute Gasteiger partial charge is 0.481 e. The fourth-order valence-electron chi connectivity index (χ4n) is 3.91. The van der Waals surface area contributed by atoms with E-state index >= 15 is 0 Å². The number of rotatable bonds is 6. The third-order valence-electron chi connectivity index (χ3n) is 5.53. The van der Waals surface area contributed by atoms with Crippen LogP contribution < -0.4 is 0 Å². The topological polar surface area (TPSA) is 56.1 Å². The lowest BCUT2D eigenvalue weighted by atomic mass is 10.1. The Balaban J connectivity index is 1.44. The Morgan fingerprint density at radius 3 is 2.63 bits per heavy atom. The number of hydrogen-bond acceptors (Lipinski definition) is 5. The van der Waals surface area contributed by atoms with E-state index < -0.39 is 5.97 Å². The number of carboxylic acids is 1. The highest BCUT2D eigenvalue weighted by atomic mass is 35.5. The first-order chi connectivity index (χ1) is 14.6. The number of aliphatic imine (C=N–C) groups is 1. The molecule has 158 valence electrons. The molecule has 2 heterocycles. The number of piperazine rings is 1. The van der Waals surface area contributed by atoms with Crippen molar-refractivity contribution in [2.45, 2.75) is 35.5 Å². The standard InChI is InChI=1S/C23H26ClN3O2S/c24-17-9-10-20-18(16-17)23(25-19-6-3-4-7-21(19)30-20)27-14-12-26(13-15-27)11-5-1-2-8-22(28)29/h3-4,6-7,9-10,16H,1-2,5,8,11-15H2,(H,28,29). The van der Waals surface area contributed by atoms with E-state index in [0.29, 0.717) is 0 Å². The van der Waals surface area contributed by atoms with Crippen molar-refractivity contribution >= 4 is 40.9 Å². The normalized spacial score (nSPS) is 16.4. The molecule has 0 radical (unpaired) electrons. The van der Waals surface area contributed by atoms with Crippen LogP contribution in [0.5, 0.6) is 0 Å². The van der Waals surface area contributed by atoms with Crippen molar-refractivity contribution in [2.24, 2.45) is 4.99 Å². The van der Waals surface area contributed by atoms with Crippen LogP contribution in [0.15, 0.2) is 57.2 Å². The second-order valence-electron chi connectivity index (χ2n) is 7.68. The van der Waals surface area contributed by atoms with E-state index in [1.165, 1.54) is 4.90 Å². The summed E-state index contributed by atoms with van der Waals surface area (Å²) in [4.78, 5) is 22.9. The Morgan fingerprint density at radius 2 is 1.83 bits per heavy atom. The number of amidine groups is 1. The number of carboxylic acid groups (broad SMARTS) is 1. The molecule has 4 rings (SSSR count). The summed E-state index contributed by atoms with van der Waals surface area (Å²) in [5.74, 6) is 0.305. The first kappa shape index (κ1) is 21.2. The summed E-state index contributed by atoms with van der Waals surface area (Å²) < 4.78 is 0. The van der Waals surface area contributed by atoms with Gasteiger partial charge in [-0.05, 0) is 49.7 Å². The van der Waals surface area contributed by atoms with E-state index in [2.05, 4.69) is 34.1 Å². The van der Waals surface area contributed by atoms with Crippen molar-refractivity contribution in [3.05, 3.63) is 53.1 Å². The van der Waals surface area contributed by atoms with Crippen LogP contribution in [0.2, 0.25) is 5.02 Å². The molecule has 2 aromatic carbocycles. The molecule has 1 fully saturated rings. The highest BCUT2D eigenvalue weighted by Gasteiger charge is 2.25. The Morgan fingerprint density at radius 1 is 1.03 bits per heavy atom. The van der Waals surface area contributed by atoms with Gasteiger partial charge >= 0.3 is 5.97 Å². The third-order valence-corrected chi connectivity index (χ3v) is 6.91. The van der Waals surface area contributed by atoms with Crippen LogP contribution >= 0.6 is 23.4 Å². The minimum Gasteiger partial charge on any atom is -0.481 e. The number of nitrogens with zero attached hydrogens (tertiary/aromatic N) is 3. The van der Waals surface area contributed by atoms with Crippen LogP contribution in [0.4, 0.5) is 5.69 Å². The molecule has 0 aliphatic carbocycles. The van der Waals surface area contributed by atoms with E-state index in [-0.39, 0.29) is 6.42 Å². The number of unbranched alkanes of at least 4 members (excludes halogenated alkanes) is 2. The van der Waals surface area contributed by atoms with Gasteiger partial charge in [0.25, 0.3) is 0 Å². The maximum Gasteiger partial charge on any atom is 0.303 e. The fraction of sp³-hybridized carbons (Fsp3) is 0.391. The van der Waals surface area contributed by atoms with Crippen molar-refractivity contribution in [3.63, 3.8) is 0 Å². The molecule has 1 N–H and O–H groups in total. The molecule has 0 saturated carbocycles. The zero-order chi connectivity index (χ0) is 20.9. The van der Waals surface area contributed by atoms with Gasteiger partial charge in [0.2, 0.25) is 0 Å². The lowest BCUT2D eigenvalue weighted by Gasteiger charge is -2.36. The first-order valence-electron chi connectivity index (χ1n) is 10.4. The van der Waals surface area contributed by atoms with Gasteiger partial charge in [0, 0.05) is 53.0 Å². The Bertz CT molecular complexity index is 942. The van der Waals surface area contributed by atoms with Gasteiger partial charge in [0.15, 0.2) is 0 Å². The molecule has 5 nitrogen and oxygen atoms in total. The minimum atomic E-state index is -0.701. The zero-order valence-corrected chi connectivity index (χ0v) is 18.5.